The van der Waals surface area contributed by atoms with Crippen LogP contribution in [0, 0.1) is 5.92 Å². The van der Waals surface area contributed by atoms with Crippen LogP contribution in [0.2, 0.25) is 5.02 Å². The van der Waals surface area contributed by atoms with Crippen molar-refractivity contribution in [2.75, 3.05) is 12.0 Å². The first-order valence-corrected chi connectivity index (χ1v) is 10.9. The van der Waals surface area contributed by atoms with Gasteiger partial charge in [-0.05, 0) is 67.3 Å². The number of ether oxygens (including phenoxy) is 1. The molecular weight excluding hydrogens is 402 g/mol. The van der Waals surface area contributed by atoms with Crippen LogP contribution in [0.3, 0.4) is 0 Å². The van der Waals surface area contributed by atoms with Crippen LogP contribution < -0.4 is 20.3 Å². The largest absolute Gasteiger partial charge is 0.492 e. The summed E-state index contributed by atoms with van der Waals surface area (Å²) in [6, 6.07) is 11.6. The van der Waals surface area contributed by atoms with Gasteiger partial charge in [-0.25, -0.2) is 13.1 Å². The van der Waals surface area contributed by atoms with E-state index in [1.807, 2.05) is 0 Å². The number of fused-ring (bicyclic) bond motifs is 1. The maximum atomic E-state index is 12.4. The van der Waals surface area contributed by atoms with Crippen molar-refractivity contribution < 1.29 is 17.9 Å². The molecule has 0 spiro atoms. The molecule has 2 aliphatic rings. The van der Waals surface area contributed by atoms with E-state index in [2.05, 4.69) is 15.6 Å². The molecule has 28 heavy (non-hydrogen) atoms. The van der Waals surface area contributed by atoms with E-state index >= 15 is 0 Å². The molecular formula is C19H20ClN3O4S. The van der Waals surface area contributed by atoms with Crippen LogP contribution in [0.25, 0.3) is 0 Å². The SMILES string of the molecule is O=C(NNc1ccc(S(=O)(=O)NC2CC2)cc1)C1COc2ccc(Cl)cc2C1. The summed E-state index contributed by atoms with van der Waals surface area (Å²) in [5.41, 5.74) is 6.94. The quantitative estimate of drug-likeness (QED) is 0.622. The van der Waals surface area contributed by atoms with Gasteiger partial charge < -0.3 is 4.74 Å². The Kier molecular flexibility index (Phi) is 5.18. The second-order valence-corrected chi connectivity index (χ2v) is 9.15. The molecule has 1 saturated carbocycles. The van der Waals surface area contributed by atoms with Crippen LogP contribution in [0.5, 0.6) is 5.75 Å². The summed E-state index contributed by atoms with van der Waals surface area (Å²) in [6.07, 6.45) is 2.30. The van der Waals surface area contributed by atoms with E-state index in [0.29, 0.717) is 17.1 Å². The molecule has 0 aromatic heterocycles. The lowest BCUT2D eigenvalue weighted by atomic mass is 9.96. The predicted octanol–water partition coefficient (Wildman–Crippen LogP) is 2.48. The van der Waals surface area contributed by atoms with Crippen LogP contribution >= 0.6 is 11.6 Å². The highest BCUT2D eigenvalue weighted by Gasteiger charge is 2.28. The van der Waals surface area contributed by atoms with Crippen molar-refractivity contribution in [1.29, 1.82) is 0 Å². The molecule has 0 saturated heterocycles. The van der Waals surface area contributed by atoms with E-state index in [-0.39, 0.29) is 29.4 Å². The first-order valence-electron chi connectivity index (χ1n) is 9.00. The zero-order valence-corrected chi connectivity index (χ0v) is 16.5. The summed E-state index contributed by atoms with van der Waals surface area (Å²) in [5.74, 6) is 0.191. The number of rotatable bonds is 6. The molecule has 1 fully saturated rings. The standard InChI is InChI=1S/C19H20ClN3O4S/c20-14-1-8-18-12(10-14)9-13(11-27-18)19(24)22-21-15-4-6-17(7-5-15)28(25,26)23-16-2-3-16/h1,4-8,10,13,16,21,23H,2-3,9,11H2,(H,22,24). The molecule has 148 valence electrons. The zero-order chi connectivity index (χ0) is 19.7. The fraction of sp³-hybridized carbons (Fsp3) is 0.316. The number of benzene rings is 2. The number of nitrogens with one attached hydrogen (secondary N) is 3. The lowest BCUT2D eigenvalue weighted by molar-refractivity contribution is -0.125. The van der Waals surface area contributed by atoms with Crippen LogP contribution in [-0.4, -0.2) is 27.0 Å². The Labute approximate surface area is 168 Å². The minimum atomic E-state index is -3.49. The highest BCUT2D eigenvalue weighted by atomic mass is 35.5. The lowest BCUT2D eigenvalue weighted by Gasteiger charge is -2.25. The van der Waals surface area contributed by atoms with Gasteiger partial charge in [0.15, 0.2) is 0 Å². The molecule has 7 nitrogen and oxygen atoms in total. The Morgan fingerprint density at radius 1 is 1.11 bits per heavy atom. The average Bonchev–Trinajstić information content (AvgIpc) is 3.49. The second-order valence-electron chi connectivity index (χ2n) is 7.00. The predicted molar refractivity (Wildman–Crippen MR) is 106 cm³/mol. The van der Waals surface area contributed by atoms with Gasteiger partial charge in [0.05, 0.1) is 16.5 Å². The second kappa shape index (κ2) is 7.62. The molecule has 0 bridgehead atoms. The highest BCUT2D eigenvalue weighted by Crippen LogP contribution is 2.30. The van der Waals surface area contributed by atoms with Gasteiger partial charge in [0.1, 0.15) is 12.4 Å². The maximum absolute atomic E-state index is 12.4. The van der Waals surface area contributed by atoms with E-state index in [0.717, 1.165) is 24.2 Å². The van der Waals surface area contributed by atoms with E-state index < -0.39 is 10.0 Å². The Hall–Kier alpha value is -2.29. The number of hydrogen-bond acceptors (Lipinski definition) is 5. The van der Waals surface area contributed by atoms with Crippen LogP contribution in [0.15, 0.2) is 47.4 Å². The lowest BCUT2D eigenvalue weighted by Crippen LogP contribution is -2.40. The minimum Gasteiger partial charge on any atom is -0.492 e. The first-order chi connectivity index (χ1) is 13.4. The molecule has 1 atom stereocenters. The fourth-order valence-corrected chi connectivity index (χ4v) is 4.47. The number of amides is 1. The fourth-order valence-electron chi connectivity index (χ4n) is 2.97. The van der Waals surface area contributed by atoms with Gasteiger partial charge in [-0.3, -0.25) is 15.6 Å². The van der Waals surface area contributed by atoms with Crippen LogP contribution in [-0.2, 0) is 21.2 Å². The van der Waals surface area contributed by atoms with Crippen molar-refractivity contribution >= 4 is 33.2 Å². The summed E-state index contributed by atoms with van der Waals surface area (Å²) >= 11 is 6.01. The zero-order valence-electron chi connectivity index (χ0n) is 14.9. The van der Waals surface area contributed by atoms with E-state index in [1.165, 1.54) is 12.1 Å². The smallest absolute Gasteiger partial charge is 0.245 e. The summed E-state index contributed by atoms with van der Waals surface area (Å²) < 4.78 is 32.6. The maximum Gasteiger partial charge on any atom is 0.245 e. The molecule has 4 rings (SSSR count). The molecule has 9 heteroatoms. The first kappa shape index (κ1) is 19.0. The third kappa shape index (κ3) is 4.40. The number of halogens is 1. The third-order valence-corrected chi connectivity index (χ3v) is 6.46. The van der Waals surface area contributed by atoms with E-state index in [9.17, 15) is 13.2 Å². The van der Waals surface area contributed by atoms with Crippen molar-refractivity contribution in [3.8, 4) is 5.75 Å². The summed E-state index contributed by atoms with van der Waals surface area (Å²) in [5, 5.41) is 0.604. The third-order valence-electron chi connectivity index (χ3n) is 4.69. The monoisotopic (exact) mass is 421 g/mol. The normalized spacial score (nSPS) is 18.7. The molecule has 1 heterocycles. The molecule has 2 aromatic rings. The summed E-state index contributed by atoms with van der Waals surface area (Å²) in [7, 11) is -3.49. The van der Waals surface area contributed by atoms with E-state index in [4.69, 9.17) is 16.3 Å². The minimum absolute atomic E-state index is 0.0554. The van der Waals surface area contributed by atoms with Gasteiger partial charge in [-0.2, -0.15) is 0 Å². The van der Waals surface area contributed by atoms with Crippen molar-refractivity contribution in [3.05, 3.63) is 53.1 Å². The number of anilines is 1. The molecule has 0 radical (unpaired) electrons. The highest BCUT2D eigenvalue weighted by molar-refractivity contribution is 7.89. The summed E-state index contributed by atoms with van der Waals surface area (Å²) in [6.45, 7) is 0.284. The molecule has 1 aliphatic carbocycles. The molecule has 1 unspecified atom stereocenters. The average molecular weight is 422 g/mol. The van der Waals surface area contributed by atoms with Crippen molar-refractivity contribution in [2.24, 2.45) is 5.92 Å². The van der Waals surface area contributed by atoms with Gasteiger partial charge in [-0.15, -0.1) is 0 Å². The van der Waals surface area contributed by atoms with E-state index in [1.54, 1.807) is 30.3 Å². The van der Waals surface area contributed by atoms with Crippen LogP contribution in [0.4, 0.5) is 5.69 Å². The Morgan fingerprint density at radius 2 is 1.86 bits per heavy atom. The number of carbonyl (C=O) groups is 1. The summed E-state index contributed by atoms with van der Waals surface area (Å²) in [4.78, 5) is 12.6. The Morgan fingerprint density at radius 3 is 2.57 bits per heavy atom. The van der Waals surface area contributed by atoms with Gasteiger partial charge >= 0.3 is 0 Å². The number of hydrazine groups is 1. The Balaban J connectivity index is 1.33. The number of sulfonamides is 1. The molecule has 3 N–H and O–H groups in total. The van der Waals surface area contributed by atoms with Gasteiger partial charge in [0.25, 0.3) is 0 Å². The molecule has 2 aromatic carbocycles. The molecule has 1 amide bonds. The Bertz CT molecular complexity index is 991. The topological polar surface area (TPSA) is 96.5 Å². The van der Waals surface area contributed by atoms with Gasteiger partial charge in [0.2, 0.25) is 15.9 Å². The van der Waals surface area contributed by atoms with Gasteiger partial charge in [0, 0.05) is 11.1 Å². The molecule has 1 aliphatic heterocycles. The van der Waals surface area contributed by atoms with Crippen LogP contribution in [0.1, 0.15) is 18.4 Å². The van der Waals surface area contributed by atoms with Crippen molar-refractivity contribution in [3.63, 3.8) is 0 Å². The van der Waals surface area contributed by atoms with Crippen molar-refractivity contribution in [2.45, 2.75) is 30.2 Å². The number of hydrogen-bond donors (Lipinski definition) is 3. The van der Waals surface area contributed by atoms with Crippen molar-refractivity contribution in [1.82, 2.24) is 10.1 Å². The number of carbonyl (C=O) groups excluding carboxylic acids is 1. The van der Waals surface area contributed by atoms with Gasteiger partial charge in [-0.1, -0.05) is 11.6 Å².